The molecule has 2 aromatic heterocycles. The first-order valence-electron chi connectivity index (χ1n) is 11.0. The molecule has 2 N–H and O–H groups in total. The van der Waals surface area contributed by atoms with Gasteiger partial charge in [0.25, 0.3) is 11.8 Å². The number of nitrogens with zero attached hydrogens (tertiary/aromatic N) is 3. The lowest BCUT2D eigenvalue weighted by atomic mass is 10.1. The van der Waals surface area contributed by atoms with E-state index in [1.807, 2.05) is 38.1 Å². The van der Waals surface area contributed by atoms with Gasteiger partial charge in [-0.05, 0) is 49.7 Å². The Morgan fingerprint density at radius 2 is 1.69 bits per heavy atom. The van der Waals surface area contributed by atoms with Crippen molar-refractivity contribution in [1.82, 2.24) is 20.1 Å². The number of hydrogen-bond donors (Lipinski definition) is 2. The Kier molecular flexibility index (Phi) is 6.86. The molecule has 0 saturated carbocycles. The van der Waals surface area contributed by atoms with Gasteiger partial charge in [-0.2, -0.15) is 5.10 Å². The highest BCUT2D eigenvalue weighted by Gasteiger charge is 2.17. The summed E-state index contributed by atoms with van der Waals surface area (Å²) in [6, 6.07) is 16.3. The highest BCUT2D eigenvalue weighted by molar-refractivity contribution is 6.12. The van der Waals surface area contributed by atoms with Gasteiger partial charge >= 0.3 is 5.97 Å². The van der Waals surface area contributed by atoms with Crippen molar-refractivity contribution in [3.05, 3.63) is 88.7 Å². The molecule has 2 heterocycles. The summed E-state index contributed by atoms with van der Waals surface area (Å²) in [5, 5.41) is 10.4. The minimum absolute atomic E-state index is 0.219. The summed E-state index contributed by atoms with van der Waals surface area (Å²) in [4.78, 5) is 41.0. The summed E-state index contributed by atoms with van der Waals surface area (Å²) in [6.45, 7) is 4.20. The van der Waals surface area contributed by atoms with Crippen LogP contribution in [0.1, 0.15) is 37.5 Å². The van der Waals surface area contributed by atoms with Crippen LogP contribution < -0.4 is 10.6 Å². The Morgan fingerprint density at radius 3 is 2.37 bits per heavy atom. The summed E-state index contributed by atoms with van der Waals surface area (Å²) in [7, 11) is 1.25. The topological polar surface area (TPSA) is 115 Å². The van der Waals surface area contributed by atoms with E-state index in [1.54, 1.807) is 41.2 Å². The minimum Gasteiger partial charge on any atom is -0.468 e. The third-order valence-electron chi connectivity index (χ3n) is 5.46. The zero-order valence-corrected chi connectivity index (χ0v) is 19.7. The number of carbonyl (C=O) groups is 3. The van der Waals surface area contributed by atoms with Crippen molar-refractivity contribution in [2.45, 2.75) is 20.4 Å². The van der Waals surface area contributed by atoms with Crippen LogP contribution in [0, 0.1) is 13.8 Å². The Balaban J connectivity index is 1.51. The van der Waals surface area contributed by atoms with E-state index >= 15 is 0 Å². The van der Waals surface area contributed by atoms with Crippen molar-refractivity contribution in [3.8, 4) is 0 Å². The van der Waals surface area contributed by atoms with Gasteiger partial charge < -0.3 is 15.4 Å². The predicted molar refractivity (Wildman–Crippen MR) is 131 cm³/mol. The molecular formula is C26H25N5O4. The lowest BCUT2D eigenvalue weighted by Gasteiger charge is -2.09. The van der Waals surface area contributed by atoms with Crippen LogP contribution >= 0.6 is 0 Å². The molecule has 35 heavy (non-hydrogen) atoms. The van der Waals surface area contributed by atoms with Crippen LogP contribution in [-0.4, -0.2) is 46.2 Å². The van der Waals surface area contributed by atoms with Gasteiger partial charge in [-0.3, -0.25) is 14.4 Å². The fraction of sp³-hybridized carbons (Fsp3) is 0.192. The van der Waals surface area contributed by atoms with Crippen molar-refractivity contribution in [3.63, 3.8) is 0 Å². The molecule has 2 aromatic carbocycles. The fourth-order valence-corrected chi connectivity index (χ4v) is 3.57. The number of aryl methyl sites for hydroxylation is 2. The quantitative estimate of drug-likeness (QED) is 0.400. The number of nitrogens with one attached hydrogen (secondary N) is 2. The van der Waals surface area contributed by atoms with Gasteiger partial charge in [-0.1, -0.05) is 29.8 Å². The first-order valence-corrected chi connectivity index (χ1v) is 11.0. The molecule has 9 nitrogen and oxygen atoms in total. The maximum Gasteiger partial charge on any atom is 0.325 e. The summed E-state index contributed by atoms with van der Waals surface area (Å²) >= 11 is 0. The third kappa shape index (κ3) is 5.52. The summed E-state index contributed by atoms with van der Waals surface area (Å²) < 4.78 is 6.29. The molecule has 0 bridgehead atoms. The van der Waals surface area contributed by atoms with Crippen molar-refractivity contribution in [2.24, 2.45) is 0 Å². The zero-order chi connectivity index (χ0) is 24.9. The van der Waals surface area contributed by atoms with E-state index in [2.05, 4.69) is 25.5 Å². The van der Waals surface area contributed by atoms with Crippen LogP contribution in [0.4, 0.5) is 5.69 Å². The molecule has 0 fully saturated rings. The monoisotopic (exact) mass is 471 g/mol. The van der Waals surface area contributed by atoms with Gasteiger partial charge in [0.2, 0.25) is 0 Å². The highest BCUT2D eigenvalue weighted by Crippen LogP contribution is 2.21. The van der Waals surface area contributed by atoms with Crippen LogP contribution in [0.15, 0.2) is 60.8 Å². The molecule has 0 spiro atoms. The molecule has 0 aliphatic heterocycles. The van der Waals surface area contributed by atoms with Gasteiger partial charge in [0.05, 0.1) is 30.8 Å². The average Bonchev–Trinajstić information content (AvgIpc) is 3.25. The van der Waals surface area contributed by atoms with Gasteiger partial charge in [0, 0.05) is 16.9 Å². The molecule has 178 valence electrons. The molecule has 0 unspecified atom stereocenters. The smallest absolute Gasteiger partial charge is 0.325 e. The number of esters is 1. The van der Waals surface area contributed by atoms with Crippen molar-refractivity contribution >= 4 is 34.5 Å². The maximum absolute atomic E-state index is 13.1. The molecule has 0 aliphatic rings. The number of amides is 2. The van der Waals surface area contributed by atoms with Crippen LogP contribution in [0.25, 0.3) is 11.0 Å². The number of benzene rings is 2. The highest BCUT2D eigenvalue weighted by atomic mass is 16.5. The Hall–Kier alpha value is -4.53. The molecular weight excluding hydrogens is 446 g/mol. The maximum atomic E-state index is 13.1. The minimum atomic E-state index is -0.539. The normalized spacial score (nSPS) is 10.7. The van der Waals surface area contributed by atoms with Crippen molar-refractivity contribution in [1.29, 1.82) is 0 Å². The number of hydrogen-bond acceptors (Lipinski definition) is 6. The molecule has 9 heteroatoms. The number of ether oxygens (including phenoxy) is 1. The number of aromatic nitrogens is 3. The van der Waals surface area contributed by atoms with Crippen LogP contribution in [0.2, 0.25) is 0 Å². The zero-order valence-electron chi connectivity index (χ0n) is 19.7. The van der Waals surface area contributed by atoms with Gasteiger partial charge in [-0.15, -0.1) is 0 Å². The van der Waals surface area contributed by atoms with Crippen LogP contribution in [-0.2, 0) is 16.1 Å². The van der Waals surface area contributed by atoms with E-state index in [1.165, 1.54) is 12.7 Å². The molecule has 0 radical (unpaired) electrons. The predicted octanol–water partition coefficient (Wildman–Crippen LogP) is 3.25. The lowest BCUT2D eigenvalue weighted by Crippen LogP contribution is -2.30. The molecule has 0 saturated heterocycles. The number of rotatable bonds is 7. The average molecular weight is 472 g/mol. The Morgan fingerprint density at radius 1 is 0.971 bits per heavy atom. The molecule has 0 atom stereocenters. The SMILES string of the molecule is COC(=O)CNC(=O)c1ccc(NC(=O)c2cc(C)nc3c2cnn3Cc2ccc(C)cc2)cc1. The first kappa shape index (κ1) is 23.6. The third-order valence-corrected chi connectivity index (χ3v) is 5.46. The second-order valence-corrected chi connectivity index (χ2v) is 8.13. The fourth-order valence-electron chi connectivity index (χ4n) is 3.57. The standard InChI is InChI=1S/C26H25N5O4/c1-16-4-6-18(7-5-16)15-31-24-22(13-28-31)21(12-17(2)29-24)26(34)30-20-10-8-19(9-11-20)25(33)27-14-23(32)35-3/h4-13H,14-15H2,1-3H3,(H,27,33)(H,30,34). The molecule has 4 rings (SSSR count). The number of pyridine rings is 1. The molecule has 2 amide bonds. The lowest BCUT2D eigenvalue weighted by molar-refractivity contribution is -0.139. The van der Waals surface area contributed by atoms with E-state index in [9.17, 15) is 14.4 Å². The van der Waals surface area contributed by atoms with E-state index in [4.69, 9.17) is 0 Å². The molecule has 4 aromatic rings. The Bertz CT molecular complexity index is 1390. The van der Waals surface area contributed by atoms with Gasteiger partial charge in [-0.25, -0.2) is 9.67 Å². The largest absolute Gasteiger partial charge is 0.468 e. The number of carbonyl (C=O) groups excluding carboxylic acids is 3. The van der Waals surface area contributed by atoms with E-state index in [0.29, 0.717) is 40.1 Å². The molecule has 0 aliphatic carbocycles. The van der Waals surface area contributed by atoms with E-state index in [0.717, 1.165) is 5.56 Å². The van der Waals surface area contributed by atoms with Gasteiger partial charge in [0.1, 0.15) is 6.54 Å². The number of methoxy groups -OCH3 is 1. The van der Waals surface area contributed by atoms with Crippen molar-refractivity contribution in [2.75, 3.05) is 19.0 Å². The van der Waals surface area contributed by atoms with Crippen molar-refractivity contribution < 1.29 is 19.1 Å². The number of anilines is 1. The second kappa shape index (κ2) is 10.2. The van der Waals surface area contributed by atoms with Crippen LogP contribution in [0.3, 0.4) is 0 Å². The Labute approximate surface area is 202 Å². The first-order chi connectivity index (χ1) is 16.8. The summed E-state index contributed by atoms with van der Waals surface area (Å²) in [5.41, 5.74) is 4.94. The number of fused-ring (bicyclic) bond motifs is 1. The van der Waals surface area contributed by atoms with E-state index in [-0.39, 0.29) is 12.5 Å². The van der Waals surface area contributed by atoms with Gasteiger partial charge in [0.15, 0.2) is 5.65 Å². The summed E-state index contributed by atoms with van der Waals surface area (Å²) in [6.07, 6.45) is 1.65. The van der Waals surface area contributed by atoms with E-state index < -0.39 is 11.9 Å². The second-order valence-electron chi connectivity index (χ2n) is 8.13. The summed E-state index contributed by atoms with van der Waals surface area (Å²) in [5.74, 6) is -1.26. The van der Waals surface area contributed by atoms with Crippen LogP contribution in [0.5, 0.6) is 0 Å².